The summed E-state index contributed by atoms with van der Waals surface area (Å²) in [5.41, 5.74) is 95.8. The standard InChI is InChI=1S/2C12H19N5.2C11H17N5.2C10H15N5.2C9H13N5/c1-15-11(13)17-12(14)16-9-5-8-10-6-3-2-4-7-10;1-17(11(13)14)12(15)16-9-5-8-10-6-3-2-4-7-10;1-14-10(12)16-11(13)15-8-7-9-5-3-2-4-6-9;1-16(10(12)13)11(14)15-8-7-9-5-3-2-4-6-9;1-13-9(11)15-10(12)14-7-8-5-3-2-4-6-8;1-13-10(15-9(11)12)14-7-8-5-3-2-4-6-8;1-12-8(10)14-9(11)13-7-5-3-2-4-6-7;1-12-9(14-8(10)11)13-7-5-3-2-4-6-7/h2-4,6-7H,5,8-9H2,1H3,(H5,13,14,15,16,17);2-4,6-7H,5,8-9H2,1H3,(H3,13,14)(H2,15,16);2-6H,7-8H2,1H3,(H5,12,13,14,15,16);2-6H,7-8H2,1H3,(H3,12,13)(H2,14,15);2*2-6H,7H2,1H3,(H5,11,12,13,14,15);2*2-6H,1H3,(H5,10,11,12,13,14). The van der Waals surface area contributed by atoms with Gasteiger partial charge in [-0.3, -0.25) is 86.5 Å². The van der Waals surface area contributed by atoms with Gasteiger partial charge in [0.2, 0.25) is 23.8 Å². The monoisotopic (exact) mass is 1700 g/mol. The van der Waals surface area contributed by atoms with Crippen molar-refractivity contribution in [2.45, 2.75) is 51.6 Å². The number of benzene rings is 8. The Bertz CT molecular complexity index is 4680. The number of hydrogen-bond donors (Lipinski definition) is 24. The Labute approximate surface area is 727 Å². The zero-order valence-corrected chi connectivity index (χ0v) is 72.0. The minimum atomic E-state index is -0.110. The molecule has 0 heterocycles. The molecule has 40 heteroatoms. The number of nitrogens with one attached hydrogen (secondary N) is 8. The molecule has 0 unspecified atom stereocenters. The van der Waals surface area contributed by atoms with Crippen molar-refractivity contribution in [2.75, 3.05) is 93.2 Å². The van der Waals surface area contributed by atoms with Gasteiger partial charge in [-0.2, -0.15) is 15.0 Å². The summed E-state index contributed by atoms with van der Waals surface area (Å²) in [4.78, 5) is 57.4. The minimum absolute atomic E-state index is 0.00355. The zero-order valence-electron chi connectivity index (χ0n) is 72.0. The number of aliphatic imine (C=N–C) groups is 14. The lowest BCUT2D eigenvalue weighted by molar-refractivity contribution is 0.708. The molecule has 8 aromatic carbocycles. The highest BCUT2D eigenvalue weighted by Gasteiger charge is 2.06. The van der Waals surface area contributed by atoms with Crippen LogP contribution in [0.3, 0.4) is 0 Å². The van der Waals surface area contributed by atoms with Crippen LogP contribution in [0.2, 0.25) is 0 Å². The highest BCUT2D eigenvalue weighted by molar-refractivity contribution is 6.02. The van der Waals surface area contributed by atoms with Crippen molar-refractivity contribution in [3.05, 3.63) is 276 Å². The Hall–Kier alpha value is -16.3. The molecule has 0 amide bonds. The maximum Gasteiger partial charge on any atom is 0.225 e. The Kier molecular flexibility index (Phi) is 56.8. The van der Waals surface area contributed by atoms with Crippen LogP contribution in [0, 0.1) is 10.8 Å². The van der Waals surface area contributed by atoms with Gasteiger partial charge in [0.15, 0.2) is 71.5 Å². The Morgan fingerprint density at radius 2 is 0.589 bits per heavy atom. The summed E-state index contributed by atoms with van der Waals surface area (Å²) < 4.78 is 0. The lowest BCUT2D eigenvalue weighted by Gasteiger charge is -2.14. The molecule has 0 aliphatic heterocycles. The second kappa shape index (κ2) is 66.7. The van der Waals surface area contributed by atoms with E-state index in [9.17, 15) is 0 Å². The third-order valence-electron chi connectivity index (χ3n) is 15.4. The second-order valence-corrected chi connectivity index (χ2v) is 25.0. The van der Waals surface area contributed by atoms with Gasteiger partial charge in [-0.1, -0.05) is 218 Å². The number of nitrogens with two attached hydrogens (primary N) is 16. The Morgan fingerprint density at radius 3 is 0.935 bits per heavy atom. The maximum absolute atomic E-state index is 7.19. The zero-order chi connectivity index (χ0) is 91.9. The van der Waals surface area contributed by atoms with E-state index < -0.39 is 0 Å². The molecule has 0 saturated heterocycles. The molecule has 124 heavy (non-hydrogen) atoms. The third kappa shape index (κ3) is 56.1. The van der Waals surface area contributed by atoms with Crippen LogP contribution in [0.4, 0.5) is 11.4 Å². The Morgan fingerprint density at radius 1 is 0.290 bits per heavy atom. The van der Waals surface area contributed by atoms with Crippen molar-refractivity contribution in [3.8, 4) is 0 Å². The van der Waals surface area contributed by atoms with Crippen molar-refractivity contribution in [3.63, 3.8) is 0 Å². The molecule has 40 nitrogen and oxygen atoms in total. The summed E-state index contributed by atoms with van der Waals surface area (Å²) in [5, 5.41) is 31.2. The van der Waals surface area contributed by atoms with Crippen LogP contribution in [0.25, 0.3) is 0 Å². The molecule has 0 spiro atoms. The molecule has 8 rings (SSSR count). The van der Waals surface area contributed by atoms with Gasteiger partial charge in [-0.15, -0.1) is 0 Å². The molecule has 0 radical (unpaired) electrons. The summed E-state index contributed by atoms with van der Waals surface area (Å²) in [6, 6.07) is 79.4. The fraction of sp³-hybridized carbons (Fsp3) is 0.238. The predicted molar refractivity (Wildman–Crippen MR) is 520 cm³/mol. The van der Waals surface area contributed by atoms with Crippen LogP contribution >= 0.6 is 0 Å². The first-order valence-corrected chi connectivity index (χ1v) is 38.5. The molecule has 8 aromatic rings. The van der Waals surface area contributed by atoms with Crippen molar-refractivity contribution < 1.29 is 0 Å². The number of para-hydroxylation sites is 2. The molecule has 0 atom stereocenters. The van der Waals surface area contributed by atoms with Crippen LogP contribution in [0.15, 0.2) is 313 Å². The van der Waals surface area contributed by atoms with E-state index in [1.807, 2.05) is 206 Å². The number of rotatable bonds is 20. The number of hydrogen-bond acceptors (Lipinski definition) is 13. The predicted octanol–water partition coefficient (Wildman–Crippen LogP) is 2.46. The molecule has 664 valence electrons. The van der Waals surface area contributed by atoms with Crippen LogP contribution in [0.5, 0.6) is 0 Å². The van der Waals surface area contributed by atoms with Gasteiger partial charge in [0.05, 0.1) is 6.54 Å². The van der Waals surface area contributed by atoms with Crippen molar-refractivity contribution in [1.82, 2.24) is 31.1 Å². The van der Waals surface area contributed by atoms with E-state index in [0.717, 1.165) is 61.0 Å². The maximum atomic E-state index is 7.19. The number of nitrogens with zero attached hydrogens (tertiary/aromatic N) is 16. The van der Waals surface area contributed by atoms with E-state index in [4.69, 9.17) is 103 Å². The average Bonchev–Trinajstić information content (AvgIpc) is 0.926. The van der Waals surface area contributed by atoms with Gasteiger partial charge in [0.1, 0.15) is 0 Å². The SMILES string of the molecule is CN(C(=N)N)C(N)=NCCCc1ccccc1.CN(C(=N)N)C(N)=NCCc1ccccc1.CN=C(N)N=C(N)Nc1ccccc1.CN=C(N)NC(N)=NCCCc1ccccc1.CN=C(N)NC(N)=NCCc1ccccc1.CN=C(N)NC(N)=NCc1ccccc1.CN=C(N=C(N)N)NCc1ccccc1.CN=C(N=C(N)N)Nc1ccccc1. The fourth-order valence-corrected chi connectivity index (χ4v) is 8.89. The van der Waals surface area contributed by atoms with E-state index in [0.29, 0.717) is 63.1 Å². The first kappa shape index (κ1) is 106. The molecule has 0 bridgehead atoms. The lowest BCUT2D eigenvalue weighted by Crippen LogP contribution is -2.42. The van der Waals surface area contributed by atoms with E-state index in [2.05, 4.69) is 138 Å². The molecule has 0 aliphatic carbocycles. The number of anilines is 2. The van der Waals surface area contributed by atoms with E-state index in [1.54, 1.807) is 56.4 Å². The van der Waals surface area contributed by atoms with Gasteiger partial charge in [0, 0.05) is 100 Å². The highest BCUT2D eigenvalue weighted by Crippen LogP contribution is 2.09. The lowest BCUT2D eigenvalue weighted by atomic mass is 10.1. The summed E-state index contributed by atoms with van der Waals surface area (Å²) in [5.74, 6) is 3.15. The van der Waals surface area contributed by atoms with Crippen molar-refractivity contribution >= 4 is 107 Å². The molecular weight excluding hydrogens is 1570 g/mol. The number of guanidine groups is 16. The van der Waals surface area contributed by atoms with Crippen LogP contribution < -0.4 is 124 Å². The fourth-order valence-electron chi connectivity index (χ4n) is 8.89. The normalized spacial score (nSPS) is 11.8. The molecule has 40 N–H and O–H groups in total. The average molecular weight is 1700 g/mol. The summed E-state index contributed by atoms with van der Waals surface area (Å²) in [6.07, 6.45) is 5.53. The quantitative estimate of drug-likeness (QED) is 0.0296. The molecule has 0 aromatic heterocycles. The largest absolute Gasteiger partial charge is 0.370 e. The topological polar surface area (TPSA) is 716 Å². The second-order valence-electron chi connectivity index (χ2n) is 25.0. The van der Waals surface area contributed by atoms with E-state index in [-0.39, 0.29) is 71.5 Å². The minimum Gasteiger partial charge on any atom is -0.370 e. The van der Waals surface area contributed by atoms with E-state index >= 15 is 0 Å². The van der Waals surface area contributed by atoms with E-state index in [1.165, 1.54) is 32.1 Å². The first-order chi connectivity index (χ1) is 59.5. The van der Waals surface area contributed by atoms with Crippen LogP contribution in [-0.4, -0.2) is 188 Å². The van der Waals surface area contributed by atoms with Gasteiger partial charge in [0.25, 0.3) is 0 Å². The van der Waals surface area contributed by atoms with Crippen molar-refractivity contribution in [2.24, 2.45) is 162 Å². The first-order valence-electron chi connectivity index (χ1n) is 38.5. The third-order valence-corrected chi connectivity index (χ3v) is 15.4. The van der Waals surface area contributed by atoms with Crippen LogP contribution in [0.1, 0.15) is 46.2 Å². The molecular formula is C84H128N40. The Balaban J connectivity index is 0.000000709. The summed E-state index contributed by atoms with van der Waals surface area (Å²) in [7, 11) is 12.8. The van der Waals surface area contributed by atoms with Gasteiger partial charge in [-0.05, 0) is 96.2 Å². The summed E-state index contributed by atoms with van der Waals surface area (Å²) >= 11 is 0. The van der Waals surface area contributed by atoms with Gasteiger partial charge in [-0.25, -0.2) is 4.99 Å². The van der Waals surface area contributed by atoms with Gasteiger partial charge < -0.3 is 108 Å². The van der Waals surface area contributed by atoms with Crippen LogP contribution in [-0.2, 0) is 38.8 Å². The van der Waals surface area contributed by atoms with Crippen molar-refractivity contribution in [1.29, 1.82) is 10.8 Å². The van der Waals surface area contributed by atoms with Gasteiger partial charge >= 0.3 is 0 Å². The summed E-state index contributed by atoms with van der Waals surface area (Å²) in [6.45, 7) is 3.69. The molecule has 0 aliphatic rings. The smallest absolute Gasteiger partial charge is 0.225 e. The molecule has 0 fully saturated rings. The molecule has 0 saturated carbocycles. The highest BCUT2D eigenvalue weighted by atomic mass is 15.3. The number of aryl methyl sites for hydroxylation is 2.